The Hall–Kier alpha value is -2.58. The van der Waals surface area contributed by atoms with Gasteiger partial charge in [-0.15, -0.1) is 0 Å². The van der Waals surface area contributed by atoms with Gasteiger partial charge in [0.15, 0.2) is 21.3 Å². The molecule has 1 atom stereocenters. The zero-order chi connectivity index (χ0) is 21.1. The van der Waals surface area contributed by atoms with E-state index in [1.807, 2.05) is 18.2 Å². The first-order chi connectivity index (χ1) is 14.4. The Morgan fingerprint density at radius 2 is 1.90 bits per heavy atom. The highest BCUT2D eigenvalue weighted by Gasteiger charge is 2.28. The number of nitrogens with one attached hydrogen (secondary N) is 1. The number of carbonyl (C=O) groups is 1. The molecule has 8 heteroatoms. The van der Waals surface area contributed by atoms with Crippen LogP contribution in [-0.2, 0) is 14.6 Å². The molecule has 4 rings (SSSR count). The van der Waals surface area contributed by atoms with Crippen LogP contribution in [0.15, 0.2) is 47.4 Å². The van der Waals surface area contributed by atoms with Gasteiger partial charge in [-0.3, -0.25) is 9.69 Å². The summed E-state index contributed by atoms with van der Waals surface area (Å²) in [7, 11) is -3.32. The van der Waals surface area contributed by atoms with Crippen molar-refractivity contribution in [3.05, 3.63) is 48.0 Å². The molecule has 0 radical (unpaired) electrons. The highest BCUT2D eigenvalue weighted by Crippen LogP contribution is 2.37. The number of rotatable bonds is 5. The second-order valence-corrected chi connectivity index (χ2v) is 9.75. The smallest absolute Gasteiger partial charge is 0.238 e. The minimum Gasteiger partial charge on any atom is -0.490 e. The molecule has 1 saturated heterocycles. The van der Waals surface area contributed by atoms with Crippen LogP contribution >= 0.6 is 0 Å². The van der Waals surface area contributed by atoms with Gasteiger partial charge in [-0.1, -0.05) is 12.1 Å². The molecule has 1 fully saturated rings. The first kappa shape index (κ1) is 20.7. The van der Waals surface area contributed by atoms with E-state index in [1.165, 1.54) is 12.1 Å². The van der Waals surface area contributed by atoms with Gasteiger partial charge in [-0.25, -0.2) is 8.42 Å². The molecule has 1 N–H and O–H groups in total. The van der Waals surface area contributed by atoms with Gasteiger partial charge >= 0.3 is 0 Å². The second-order valence-electron chi connectivity index (χ2n) is 7.73. The lowest BCUT2D eigenvalue weighted by atomic mass is 10.0. The Bertz CT molecular complexity index is 1040. The Kier molecular flexibility index (Phi) is 5.97. The molecule has 0 unspecified atom stereocenters. The summed E-state index contributed by atoms with van der Waals surface area (Å²) in [5, 5.41) is 2.82. The standard InChI is InChI=1S/C22H26N2O5S/c1-30(26,27)18-6-2-5-17(14-18)23-22(25)15-24-10-3-7-19(24)16-8-9-20-21(13-16)29-12-4-11-28-20/h2,5-6,8-9,13-14,19H,3-4,7,10-12,15H2,1H3,(H,23,25)/t19-/m1/s1. The number of ether oxygens (including phenoxy) is 2. The lowest BCUT2D eigenvalue weighted by molar-refractivity contribution is -0.117. The van der Waals surface area contributed by atoms with E-state index >= 15 is 0 Å². The number of benzene rings is 2. The van der Waals surface area contributed by atoms with Crippen LogP contribution in [0.25, 0.3) is 0 Å². The largest absolute Gasteiger partial charge is 0.490 e. The van der Waals surface area contributed by atoms with Crippen LogP contribution in [0.4, 0.5) is 5.69 Å². The zero-order valence-corrected chi connectivity index (χ0v) is 17.8. The third kappa shape index (κ3) is 4.76. The van der Waals surface area contributed by atoms with Crippen LogP contribution in [0.5, 0.6) is 11.5 Å². The maximum atomic E-state index is 12.6. The highest BCUT2D eigenvalue weighted by molar-refractivity contribution is 7.90. The summed E-state index contributed by atoms with van der Waals surface area (Å²) in [5.41, 5.74) is 1.60. The molecule has 160 valence electrons. The highest BCUT2D eigenvalue weighted by atomic mass is 32.2. The number of anilines is 1. The van der Waals surface area contributed by atoms with Crippen molar-refractivity contribution in [2.24, 2.45) is 0 Å². The van der Waals surface area contributed by atoms with Gasteiger partial charge in [0.1, 0.15) is 0 Å². The van der Waals surface area contributed by atoms with Crippen LogP contribution in [0, 0.1) is 0 Å². The molecular weight excluding hydrogens is 404 g/mol. The number of hydrogen-bond acceptors (Lipinski definition) is 6. The van der Waals surface area contributed by atoms with E-state index in [1.54, 1.807) is 12.1 Å². The first-order valence-corrected chi connectivity index (χ1v) is 12.0. The SMILES string of the molecule is CS(=O)(=O)c1cccc(NC(=O)CN2CCC[C@@H]2c2ccc3c(c2)OCCCO3)c1. The summed E-state index contributed by atoms with van der Waals surface area (Å²) in [4.78, 5) is 15.0. The number of nitrogens with zero attached hydrogens (tertiary/aromatic N) is 1. The van der Waals surface area contributed by atoms with Gasteiger partial charge in [0.05, 0.1) is 24.7 Å². The van der Waals surface area contributed by atoms with E-state index in [9.17, 15) is 13.2 Å². The van der Waals surface area contributed by atoms with E-state index in [-0.39, 0.29) is 23.4 Å². The van der Waals surface area contributed by atoms with Crippen molar-refractivity contribution in [3.63, 3.8) is 0 Å². The fourth-order valence-corrected chi connectivity index (χ4v) is 4.64. The fraction of sp³-hybridized carbons (Fsp3) is 0.409. The number of amides is 1. The molecule has 2 aromatic carbocycles. The minimum atomic E-state index is -3.32. The van der Waals surface area contributed by atoms with Crippen molar-refractivity contribution < 1.29 is 22.7 Å². The van der Waals surface area contributed by atoms with Crippen LogP contribution in [0.1, 0.15) is 30.9 Å². The summed E-state index contributed by atoms with van der Waals surface area (Å²) in [6.45, 7) is 2.36. The summed E-state index contributed by atoms with van der Waals surface area (Å²) in [5.74, 6) is 1.37. The third-order valence-corrected chi connectivity index (χ3v) is 6.52. The molecule has 0 spiro atoms. The summed E-state index contributed by atoms with van der Waals surface area (Å²) >= 11 is 0. The Morgan fingerprint density at radius 1 is 1.10 bits per heavy atom. The average Bonchev–Trinajstić information content (AvgIpc) is 3.02. The Morgan fingerprint density at radius 3 is 2.70 bits per heavy atom. The molecular formula is C22H26N2O5S. The van der Waals surface area contributed by atoms with Gasteiger partial charge in [0.2, 0.25) is 5.91 Å². The van der Waals surface area contributed by atoms with E-state index in [0.717, 1.165) is 49.1 Å². The van der Waals surface area contributed by atoms with Gasteiger partial charge in [0.25, 0.3) is 0 Å². The monoisotopic (exact) mass is 430 g/mol. The molecule has 2 aliphatic heterocycles. The molecule has 0 aromatic heterocycles. The summed E-state index contributed by atoms with van der Waals surface area (Å²) in [6.07, 6.45) is 3.99. The Labute approximate surface area is 176 Å². The molecule has 2 aliphatic rings. The molecule has 2 aromatic rings. The predicted molar refractivity (Wildman–Crippen MR) is 114 cm³/mol. The molecule has 1 amide bonds. The second kappa shape index (κ2) is 8.65. The summed E-state index contributed by atoms with van der Waals surface area (Å²) in [6, 6.07) is 12.5. The van der Waals surface area contributed by atoms with Crippen LogP contribution < -0.4 is 14.8 Å². The quantitative estimate of drug-likeness (QED) is 0.785. The van der Waals surface area contributed by atoms with E-state index in [2.05, 4.69) is 10.2 Å². The lowest BCUT2D eigenvalue weighted by Gasteiger charge is -2.25. The fourth-order valence-electron chi connectivity index (χ4n) is 3.97. The lowest BCUT2D eigenvalue weighted by Crippen LogP contribution is -2.33. The van der Waals surface area contributed by atoms with Crippen molar-refractivity contribution in [2.75, 3.05) is 37.9 Å². The van der Waals surface area contributed by atoms with E-state index in [4.69, 9.17) is 9.47 Å². The van der Waals surface area contributed by atoms with Gasteiger partial charge < -0.3 is 14.8 Å². The van der Waals surface area contributed by atoms with Crippen LogP contribution in [-0.4, -0.2) is 51.8 Å². The number of likely N-dealkylation sites (tertiary alicyclic amines) is 1. The Balaban J connectivity index is 1.44. The number of sulfone groups is 1. The normalized spacial score (nSPS) is 19.3. The molecule has 7 nitrogen and oxygen atoms in total. The van der Waals surface area contributed by atoms with Gasteiger partial charge in [0, 0.05) is 24.4 Å². The molecule has 0 aliphatic carbocycles. The topological polar surface area (TPSA) is 84.9 Å². The zero-order valence-electron chi connectivity index (χ0n) is 17.0. The van der Waals surface area contributed by atoms with Crippen molar-refractivity contribution in [1.82, 2.24) is 4.90 Å². The van der Waals surface area contributed by atoms with Crippen LogP contribution in [0.2, 0.25) is 0 Å². The average molecular weight is 431 g/mol. The van der Waals surface area contributed by atoms with E-state index < -0.39 is 9.84 Å². The van der Waals surface area contributed by atoms with Gasteiger partial charge in [-0.05, 0) is 55.3 Å². The minimum absolute atomic E-state index is 0.134. The van der Waals surface area contributed by atoms with Gasteiger partial charge in [-0.2, -0.15) is 0 Å². The maximum Gasteiger partial charge on any atom is 0.238 e. The van der Waals surface area contributed by atoms with Crippen molar-refractivity contribution in [1.29, 1.82) is 0 Å². The third-order valence-electron chi connectivity index (χ3n) is 5.41. The number of fused-ring (bicyclic) bond motifs is 1. The predicted octanol–water partition coefficient (Wildman–Crippen LogP) is 3.03. The molecule has 2 heterocycles. The first-order valence-electron chi connectivity index (χ1n) is 10.1. The van der Waals surface area contributed by atoms with Crippen molar-refractivity contribution in [2.45, 2.75) is 30.2 Å². The molecule has 0 bridgehead atoms. The van der Waals surface area contributed by atoms with Crippen molar-refractivity contribution >= 4 is 21.4 Å². The summed E-state index contributed by atoms with van der Waals surface area (Å²) < 4.78 is 35.0. The molecule has 30 heavy (non-hydrogen) atoms. The van der Waals surface area contributed by atoms with E-state index in [0.29, 0.717) is 18.9 Å². The maximum absolute atomic E-state index is 12.6. The molecule has 0 saturated carbocycles. The number of carbonyl (C=O) groups excluding carboxylic acids is 1. The van der Waals surface area contributed by atoms with Crippen LogP contribution in [0.3, 0.4) is 0 Å². The number of hydrogen-bond donors (Lipinski definition) is 1. The van der Waals surface area contributed by atoms with Crippen molar-refractivity contribution in [3.8, 4) is 11.5 Å².